The Morgan fingerprint density at radius 1 is 1.48 bits per heavy atom. The predicted octanol–water partition coefficient (Wildman–Crippen LogP) is 3.57. The minimum Gasteiger partial charge on any atom is -0.325 e. The lowest BCUT2D eigenvalue weighted by Crippen LogP contribution is -2.23. The van der Waals surface area contributed by atoms with E-state index in [0.29, 0.717) is 23.8 Å². The summed E-state index contributed by atoms with van der Waals surface area (Å²) in [7, 11) is -3.00. The maximum absolute atomic E-state index is 12.1. The molecule has 2 heterocycles. The second-order valence-electron chi connectivity index (χ2n) is 5.46. The van der Waals surface area contributed by atoms with Crippen LogP contribution in [0, 0.1) is 0 Å². The Balaban J connectivity index is 2.09. The number of imidazole rings is 1. The van der Waals surface area contributed by atoms with Crippen molar-refractivity contribution in [3.63, 3.8) is 0 Å². The first-order chi connectivity index (χ1) is 9.88. The Labute approximate surface area is 134 Å². The van der Waals surface area contributed by atoms with Gasteiger partial charge in [-0.05, 0) is 38.0 Å². The van der Waals surface area contributed by atoms with Crippen molar-refractivity contribution in [3.05, 3.63) is 29.0 Å². The van der Waals surface area contributed by atoms with Crippen LogP contribution in [0.5, 0.6) is 0 Å². The second kappa shape index (κ2) is 5.45. The zero-order chi connectivity index (χ0) is 15.2. The maximum atomic E-state index is 12.1. The minimum atomic E-state index is -3.00. The van der Waals surface area contributed by atoms with Crippen LogP contribution in [0.3, 0.4) is 0 Å². The van der Waals surface area contributed by atoms with Crippen LogP contribution in [0.15, 0.2) is 18.2 Å². The number of sulfone groups is 1. The first-order valence-corrected chi connectivity index (χ1v) is 9.43. The van der Waals surface area contributed by atoms with Crippen molar-refractivity contribution in [1.82, 2.24) is 9.55 Å². The summed E-state index contributed by atoms with van der Waals surface area (Å²) in [5.41, 5.74) is 1.63. The summed E-state index contributed by atoms with van der Waals surface area (Å²) < 4.78 is 26.1. The molecule has 114 valence electrons. The van der Waals surface area contributed by atoms with Gasteiger partial charge in [-0.25, -0.2) is 13.4 Å². The van der Waals surface area contributed by atoms with E-state index in [2.05, 4.69) is 4.98 Å². The van der Waals surface area contributed by atoms with Gasteiger partial charge in [0.2, 0.25) is 0 Å². The molecule has 0 bridgehead atoms. The maximum Gasteiger partial charge on any atom is 0.154 e. The molecule has 0 aliphatic carbocycles. The van der Waals surface area contributed by atoms with Gasteiger partial charge in [0.05, 0.1) is 27.4 Å². The number of hydrogen-bond acceptors (Lipinski definition) is 3. The van der Waals surface area contributed by atoms with Gasteiger partial charge in [0.15, 0.2) is 9.84 Å². The van der Waals surface area contributed by atoms with Crippen LogP contribution in [0.4, 0.5) is 0 Å². The third kappa shape index (κ3) is 2.79. The number of aromatic nitrogens is 2. The molecule has 4 nitrogen and oxygen atoms in total. The zero-order valence-electron chi connectivity index (χ0n) is 11.6. The van der Waals surface area contributed by atoms with Crippen molar-refractivity contribution in [3.8, 4) is 0 Å². The molecule has 2 aromatic rings. The van der Waals surface area contributed by atoms with Crippen LogP contribution in [-0.2, 0) is 16.4 Å². The van der Waals surface area contributed by atoms with Gasteiger partial charge in [0.25, 0.3) is 0 Å². The van der Waals surface area contributed by atoms with Gasteiger partial charge in [0, 0.05) is 11.6 Å². The summed E-state index contributed by atoms with van der Waals surface area (Å²) in [6.45, 7) is 2.25. The van der Waals surface area contributed by atoms with Crippen molar-refractivity contribution in [2.24, 2.45) is 0 Å². The number of rotatable bonds is 3. The fraction of sp³-hybridized carbons (Fsp3) is 0.500. The van der Waals surface area contributed by atoms with Gasteiger partial charge in [-0.3, -0.25) is 0 Å². The second-order valence-corrected chi connectivity index (χ2v) is 8.95. The molecule has 0 spiro atoms. The molecule has 1 aliphatic rings. The van der Waals surface area contributed by atoms with Crippen LogP contribution in [-0.4, -0.2) is 29.0 Å². The van der Waals surface area contributed by atoms with Gasteiger partial charge in [-0.2, -0.15) is 0 Å². The number of nitrogens with zero attached hydrogens (tertiary/aromatic N) is 2. The van der Waals surface area contributed by atoms with Crippen LogP contribution >= 0.6 is 23.2 Å². The summed E-state index contributed by atoms with van der Waals surface area (Å²) in [4.78, 5) is 4.51. The molecular formula is C14H16Cl2N2O2S. The molecular weight excluding hydrogens is 331 g/mol. The topological polar surface area (TPSA) is 52.0 Å². The highest BCUT2D eigenvalue weighted by atomic mass is 35.5. The van der Waals surface area contributed by atoms with Gasteiger partial charge >= 0.3 is 0 Å². The summed E-state index contributed by atoms with van der Waals surface area (Å²) >= 11 is 12.2. The van der Waals surface area contributed by atoms with E-state index in [1.807, 2.05) is 17.6 Å². The van der Waals surface area contributed by atoms with Gasteiger partial charge < -0.3 is 4.57 Å². The number of fused-ring (bicyclic) bond motifs is 1. The highest BCUT2D eigenvalue weighted by Gasteiger charge is 2.32. The van der Waals surface area contributed by atoms with Gasteiger partial charge in [0.1, 0.15) is 5.82 Å². The number of alkyl halides is 1. The number of hydrogen-bond donors (Lipinski definition) is 0. The van der Waals surface area contributed by atoms with E-state index in [1.165, 1.54) is 0 Å². The first-order valence-electron chi connectivity index (χ1n) is 6.90. The van der Waals surface area contributed by atoms with Crippen LogP contribution in [0.1, 0.15) is 31.0 Å². The standard InChI is InChI=1S/C14H16Cl2N2O2S/c1-9(15)14-17-12-7-10(16)4-5-13(12)18(14)8-11-3-2-6-21(11,19)20/h4-5,7,9,11H,2-3,6,8H2,1H3. The smallest absolute Gasteiger partial charge is 0.154 e. The lowest BCUT2D eigenvalue weighted by molar-refractivity contribution is 0.562. The highest BCUT2D eigenvalue weighted by molar-refractivity contribution is 7.92. The molecule has 1 fully saturated rings. The zero-order valence-corrected chi connectivity index (χ0v) is 13.9. The molecule has 1 aromatic carbocycles. The molecule has 1 aromatic heterocycles. The van der Waals surface area contributed by atoms with Crippen LogP contribution < -0.4 is 0 Å². The molecule has 0 N–H and O–H groups in total. The lowest BCUT2D eigenvalue weighted by Gasteiger charge is -2.15. The molecule has 21 heavy (non-hydrogen) atoms. The summed E-state index contributed by atoms with van der Waals surface area (Å²) in [6, 6.07) is 5.43. The minimum absolute atomic E-state index is 0.280. The molecule has 0 amide bonds. The largest absolute Gasteiger partial charge is 0.325 e. The van der Waals surface area contributed by atoms with Crippen molar-refractivity contribution >= 4 is 44.1 Å². The predicted molar refractivity (Wildman–Crippen MR) is 85.8 cm³/mol. The third-order valence-electron chi connectivity index (χ3n) is 3.94. The number of benzene rings is 1. The highest BCUT2D eigenvalue weighted by Crippen LogP contribution is 2.29. The molecule has 1 aliphatic heterocycles. The molecule has 1 saturated heterocycles. The molecule has 7 heteroatoms. The van der Waals surface area contributed by atoms with E-state index in [9.17, 15) is 8.42 Å². The SMILES string of the molecule is CC(Cl)c1nc2cc(Cl)ccc2n1CC1CCCS1(=O)=O. The molecule has 0 radical (unpaired) electrons. The fourth-order valence-corrected chi connectivity index (χ4v) is 5.02. The van der Waals surface area contributed by atoms with E-state index in [0.717, 1.165) is 17.5 Å². The Morgan fingerprint density at radius 2 is 2.24 bits per heavy atom. The van der Waals surface area contributed by atoms with Crippen molar-refractivity contribution in [1.29, 1.82) is 0 Å². The van der Waals surface area contributed by atoms with Gasteiger partial charge in [-0.1, -0.05) is 11.6 Å². The first kappa shape index (κ1) is 15.1. The van der Waals surface area contributed by atoms with Crippen LogP contribution in [0.25, 0.3) is 11.0 Å². The van der Waals surface area contributed by atoms with E-state index in [4.69, 9.17) is 23.2 Å². The summed E-state index contributed by atoms with van der Waals surface area (Å²) in [5, 5.41) is -0.0329. The number of halogens is 2. The Bertz CT molecular complexity index is 784. The Kier molecular flexibility index (Phi) is 3.93. The molecule has 2 unspecified atom stereocenters. The monoisotopic (exact) mass is 346 g/mol. The van der Waals surface area contributed by atoms with E-state index in [-0.39, 0.29) is 16.4 Å². The Morgan fingerprint density at radius 3 is 2.86 bits per heavy atom. The van der Waals surface area contributed by atoms with Crippen molar-refractivity contribution < 1.29 is 8.42 Å². The van der Waals surface area contributed by atoms with Crippen molar-refractivity contribution in [2.45, 2.75) is 36.9 Å². The average molecular weight is 347 g/mol. The molecule has 0 saturated carbocycles. The van der Waals surface area contributed by atoms with Gasteiger partial charge in [-0.15, -0.1) is 11.6 Å². The van der Waals surface area contributed by atoms with Crippen molar-refractivity contribution in [2.75, 3.05) is 5.75 Å². The average Bonchev–Trinajstić information content (AvgIpc) is 2.91. The van der Waals surface area contributed by atoms with E-state index < -0.39 is 9.84 Å². The fourth-order valence-electron chi connectivity index (χ4n) is 2.88. The lowest BCUT2D eigenvalue weighted by atomic mass is 10.2. The van der Waals surface area contributed by atoms with E-state index in [1.54, 1.807) is 12.1 Å². The van der Waals surface area contributed by atoms with Crippen LogP contribution in [0.2, 0.25) is 5.02 Å². The summed E-state index contributed by atoms with van der Waals surface area (Å²) in [5.74, 6) is 0.970. The normalized spacial score (nSPS) is 22.7. The third-order valence-corrected chi connectivity index (χ3v) is 6.63. The quantitative estimate of drug-likeness (QED) is 0.798. The summed E-state index contributed by atoms with van der Waals surface area (Å²) in [6.07, 6.45) is 1.43. The van der Waals surface area contributed by atoms with E-state index >= 15 is 0 Å². The Hall–Kier alpha value is -0.780. The molecule has 3 rings (SSSR count). The molecule has 2 atom stereocenters.